The minimum absolute atomic E-state index is 0.0103. The summed E-state index contributed by atoms with van der Waals surface area (Å²) in [6.45, 7) is 2.67. The summed E-state index contributed by atoms with van der Waals surface area (Å²) >= 11 is 0. The number of ether oxygens (including phenoxy) is 1. The molecule has 0 aromatic heterocycles. The van der Waals surface area contributed by atoms with Crippen LogP contribution in [0, 0.1) is 0 Å². The number of hydrogen-bond donors (Lipinski definition) is 2. The average Bonchev–Trinajstić information content (AvgIpc) is 2.04. The third-order valence-electron chi connectivity index (χ3n) is 2.00. The first-order valence-electron chi connectivity index (χ1n) is 3.98. The molecule has 1 rings (SSSR count). The molecule has 0 radical (unpaired) electrons. The van der Waals surface area contributed by atoms with E-state index in [0.717, 1.165) is 19.4 Å². The fraction of sp³-hybridized carbons (Fsp3) is 1.00. The molecular formula is C7H16N2O2. The summed E-state index contributed by atoms with van der Waals surface area (Å²) in [6, 6.07) is -0.0103. The molecular weight excluding hydrogens is 144 g/mol. The van der Waals surface area contributed by atoms with Crippen LogP contribution in [0.1, 0.15) is 19.8 Å². The van der Waals surface area contributed by atoms with Crippen LogP contribution in [0.25, 0.3) is 0 Å². The summed E-state index contributed by atoms with van der Waals surface area (Å²) in [6.07, 6.45) is 1.89. The van der Waals surface area contributed by atoms with Gasteiger partial charge in [-0.15, -0.1) is 0 Å². The quantitative estimate of drug-likeness (QED) is 0.547. The molecule has 4 N–H and O–H groups in total. The average molecular weight is 160 g/mol. The van der Waals surface area contributed by atoms with Gasteiger partial charge in [0.05, 0.1) is 0 Å². The zero-order valence-corrected chi connectivity index (χ0v) is 6.82. The van der Waals surface area contributed by atoms with Crippen molar-refractivity contribution < 1.29 is 9.57 Å². The first kappa shape index (κ1) is 8.93. The fourth-order valence-electron chi connectivity index (χ4n) is 1.41. The Kier molecular flexibility index (Phi) is 3.26. The maximum Gasteiger partial charge on any atom is 0.106 e. The van der Waals surface area contributed by atoms with Crippen LogP contribution in [0.3, 0.4) is 0 Å². The van der Waals surface area contributed by atoms with Crippen molar-refractivity contribution in [3.8, 4) is 0 Å². The van der Waals surface area contributed by atoms with E-state index in [9.17, 15) is 0 Å². The molecule has 0 spiro atoms. The normalized spacial score (nSPS) is 35.2. The molecule has 11 heavy (non-hydrogen) atoms. The molecule has 0 saturated carbocycles. The van der Waals surface area contributed by atoms with Crippen molar-refractivity contribution in [3.05, 3.63) is 0 Å². The van der Waals surface area contributed by atoms with Gasteiger partial charge < -0.3 is 10.5 Å². The lowest BCUT2D eigenvalue weighted by Gasteiger charge is -2.32. The minimum atomic E-state index is -0.0336. The SMILES string of the molecule is CC(N)C1OCCCC1ON. The van der Waals surface area contributed by atoms with Crippen LogP contribution in [0.2, 0.25) is 0 Å². The van der Waals surface area contributed by atoms with Gasteiger partial charge in [-0.25, -0.2) is 5.90 Å². The zero-order valence-electron chi connectivity index (χ0n) is 6.82. The van der Waals surface area contributed by atoms with E-state index < -0.39 is 0 Å². The third kappa shape index (κ3) is 2.13. The molecule has 0 amide bonds. The molecule has 1 aliphatic heterocycles. The highest BCUT2D eigenvalue weighted by molar-refractivity contribution is 4.80. The van der Waals surface area contributed by atoms with Gasteiger partial charge >= 0.3 is 0 Å². The molecule has 0 aromatic rings. The van der Waals surface area contributed by atoms with E-state index in [2.05, 4.69) is 0 Å². The molecule has 0 bridgehead atoms. The summed E-state index contributed by atoms with van der Waals surface area (Å²) in [5, 5.41) is 0. The molecule has 0 aliphatic carbocycles. The van der Waals surface area contributed by atoms with E-state index in [4.69, 9.17) is 21.2 Å². The Morgan fingerprint density at radius 2 is 2.36 bits per heavy atom. The molecule has 1 heterocycles. The van der Waals surface area contributed by atoms with Crippen LogP contribution in [0.15, 0.2) is 0 Å². The van der Waals surface area contributed by atoms with Gasteiger partial charge in [-0.05, 0) is 19.8 Å². The zero-order chi connectivity index (χ0) is 8.27. The van der Waals surface area contributed by atoms with Gasteiger partial charge in [0.25, 0.3) is 0 Å². The van der Waals surface area contributed by atoms with Crippen LogP contribution in [0.4, 0.5) is 0 Å². The number of rotatable bonds is 2. The van der Waals surface area contributed by atoms with Gasteiger partial charge in [-0.2, -0.15) is 0 Å². The lowest BCUT2D eigenvalue weighted by molar-refractivity contribution is -0.113. The van der Waals surface area contributed by atoms with E-state index in [-0.39, 0.29) is 18.2 Å². The monoisotopic (exact) mass is 160 g/mol. The Balaban J connectivity index is 2.44. The predicted octanol–water partition coefficient (Wildman–Crippen LogP) is -0.228. The first-order chi connectivity index (χ1) is 5.25. The summed E-state index contributed by atoms with van der Waals surface area (Å²) in [5.41, 5.74) is 5.67. The summed E-state index contributed by atoms with van der Waals surface area (Å²) in [7, 11) is 0. The molecule has 4 heteroatoms. The van der Waals surface area contributed by atoms with Crippen molar-refractivity contribution in [2.75, 3.05) is 6.61 Å². The highest BCUT2D eigenvalue weighted by atomic mass is 16.6. The van der Waals surface area contributed by atoms with Gasteiger partial charge in [0.15, 0.2) is 0 Å². The Bertz CT molecular complexity index is 119. The van der Waals surface area contributed by atoms with E-state index in [1.165, 1.54) is 0 Å². The Labute approximate surface area is 66.8 Å². The Hall–Kier alpha value is -0.160. The molecule has 4 nitrogen and oxygen atoms in total. The van der Waals surface area contributed by atoms with E-state index in [1.807, 2.05) is 6.92 Å². The third-order valence-corrected chi connectivity index (χ3v) is 2.00. The Morgan fingerprint density at radius 3 is 2.82 bits per heavy atom. The van der Waals surface area contributed by atoms with Crippen molar-refractivity contribution >= 4 is 0 Å². The largest absolute Gasteiger partial charge is 0.374 e. The van der Waals surface area contributed by atoms with Crippen molar-refractivity contribution in [1.29, 1.82) is 0 Å². The highest BCUT2D eigenvalue weighted by Crippen LogP contribution is 2.17. The van der Waals surface area contributed by atoms with Crippen molar-refractivity contribution in [1.82, 2.24) is 0 Å². The second kappa shape index (κ2) is 4.01. The maximum absolute atomic E-state index is 5.67. The van der Waals surface area contributed by atoms with E-state index >= 15 is 0 Å². The van der Waals surface area contributed by atoms with Crippen LogP contribution >= 0.6 is 0 Å². The lowest BCUT2D eigenvalue weighted by Crippen LogP contribution is -2.47. The first-order valence-corrected chi connectivity index (χ1v) is 3.98. The van der Waals surface area contributed by atoms with Gasteiger partial charge in [-0.1, -0.05) is 0 Å². The summed E-state index contributed by atoms with van der Waals surface area (Å²) in [4.78, 5) is 4.76. The molecule has 3 unspecified atom stereocenters. The van der Waals surface area contributed by atoms with Gasteiger partial charge in [0.2, 0.25) is 0 Å². The number of hydrogen-bond acceptors (Lipinski definition) is 4. The van der Waals surface area contributed by atoms with E-state index in [1.54, 1.807) is 0 Å². The second-order valence-electron chi connectivity index (χ2n) is 3.01. The van der Waals surface area contributed by atoms with Crippen molar-refractivity contribution in [2.24, 2.45) is 11.6 Å². The molecule has 1 saturated heterocycles. The van der Waals surface area contributed by atoms with E-state index in [0.29, 0.717) is 0 Å². The highest BCUT2D eigenvalue weighted by Gasteiger charge is 2.29. The maximum atomic E-state index is 5.67. The molecule has 0 aromatic carbocycles. The van der Waals surface area contributed by atoms with Gasteiger partial charge in [0, 0.05) is 12.6 Å². The Morgan fingerprint density at radius 1 is 1.64 bits per heavy atom. The van der Waals surface area contributed by atoms with Crippen LogP contribution in [-0.2, 0) is 9.57 Å². The topological polar surface area (TPSA) is 70.5 Å². The van der Waals surface area contributed by atoms with Gasteiger partial charge in [-0.3, -0.25) is 4.84 Å². The fourth-order valence-corrected chi connectivity index (χ4v) is 1.41. The number of nitrogens with two attached hydrogens (primary N) is 2. The summed E-state index contributed by atoms with van der Waals surface area (Å²) < 4.78 is 5.41. The molecule has 1 aliphatic rings. The molecule has 1 fully saturated rings. The predicted molar refractivity (Wildman–Crippen MR) is 41.7 cm³/mol. The molecule has 3 atom stereocenters. The smallest absolute Gasteiger partial charge is 0.106 e. The second-order valence-corrected chi connectivity index (χ2v) is 3.01. The van der Waals surface area contributed by atoms with Crippen LogP contribution in [-0.4, -0.2) is 24.9 Å². The van der Waals surface area contributed by atoms with Crippen molar-refractivity contribution in [2.45, 2.75) is 38.0 Å². The summed E-state index contributed by atoms with van der Waals surface area (Å²) in [5.74, 6) is 5.10. The van der Waals surface area contributed by atoms with Crippen LogP contribution in [0.5, 0.6) is 0 Å². The van der Waals surface area contributed by atoms with Crippen molar-refractivity contribution in [3.63, 3.8) is 0 Å². The minimum Gasteiger partial charge on any atom is -0.374 e. The lowest BCUT2D eigenvalue weighted by atomic mass is 10.0. The molecule has 66 valence electrons. The standard InChI is InChI=1S/C7H16N2O2/c1-5(8)7-6(11-9)3-2-4-10-7/h5-7H,2-4,8-9H2,1H3. The van der Waals surface area contributed by atoms with Gasteiger partial charge in [0.1, 0.15) is 12.2 Å². The van der Waals surface area contributed by atoms with Crippen LogP contribution < -0.4 is 11.6 Å².